The molecule has 6 heteroatoms. The minimum absolute atomic E-state index is 0. The van der Waals surface area contributed by atoms with Gasteiger partial charge in [0.05, 0.1) is 5.39 Å². The minimum Gasteiger partial charge on any atom is -0.455 e. The molecule has 2 aromatic carbocycles. The molecule has 0 saturated carbocycles. The molecular weight excluding hydrogens is 390 g/mol. The summed E-state index contributed by atoms with van der Waals surface area (Å²) < 4.78 is 11.7. The van der Waals surface area contributed by atoms with Crippen molar-refractivity contribution in [1.82, 2.24) is 4.90 Å². The predicted molar refractivity (Wildman–Crippen MR) is 118 cm³/mol. The molecule has 0 aliphatic carbocycles. The molecule has 5 nitrogen and oxygen atoms in total. The molecule has 0 fully saturated rings. The summed E-state index contributed by atoms with van der Waals surface area (Å²) in [7, 11) is 0. The molecule has 29 heavy (non-hydrogen) atoms. The van der Waals surface area contributed by atoms with Crippen LogP contribution in [-0.2, 0) is 4.74 Å². The molecular formula is C23H26ClNO4. The van der Waals surface area contributed by atoms with Crippen LogP contribution in [0.25, 0.3) is 22.3 Å². The number of esters is 1. The molecule has 0 amide bonds. The van der Waals surface area contributed by atoms with Crippen molar-refractivity contribution in [3.63, 3.8) is 0 Å². The highest BCUT2D eigenvalue weighted by Crippen LogP contribution is 2.27. The summed E-state index contributed by atoms with van der Waals surface area (Å²) in [5, 5.41) is 0.377. The van der Waals surface area contributed by atoms with Gasteiger partial charge in [0, 0.05) is 11.1 Å². The maximum atomic E-state index is 12.9. The van der Waals surface area contributed by atoms with Crippen LogP contribution in [0.4, 0.5) is 0 Å². The van der Waals surface area contributed by atoms with Gasteiger partial charge in [-0.3, -0.25) is 9.69 Å². The average molecular weight is 416 g/mol. The largest absolute Gasteiger partial charge is 0.455 e. The number of para-hydroxylation sites is 1. The van der Waals surface area contributed by atoms with E-state index in [1.165, 1.54) is 0 Å². The number of rotatable bonds is 6. The van der Waals surface area contributed by atoms with Crippen molar-refractivity contribution in [3.05, 3.63) is 69.9 Å². The number of nitrogens with zero attached hydrogens (tertiary/aromatic N) is 1. The minimum atomic E-state index is -0.504. The topological polar surface area (TPSA) is 59.8 Å². The highest BCUT2D eigenvalue weighted by atomic mass is 35.5. The van der Waals surface area contributed by atoms with Gasteiger partial charge in [0.2, 0.25) is 0 Å². The van der Waals surface area contributed by atoms with Gasteiger partial charge >= 0.3 is 5.97 Å². The summed E-state index contributed by atoms with van der Waals surface area (Å²) in [6.07, 6.45) is -0.372. The highest BCUT2D eigenvalue weighted by molar-refractivity contribution is 6.02. The van der Waals surface area contributed by atoms with Crippen LogP contribution in [0.3, 0.4) is 0 Å². The Kier molecular flexibility index (Phi) is 7.59. The molecule has 3 rings (SSSR count). The molecule has 0 bridgehead atoms. The quantitative estimate of drug-likeness (QED) is 0.417. The van der Waals surface area contributed by atoms with Crippen molar-refractivity contribution < 1.29 is 13.9 Å². The lowest BCUT2D eigenvalue weighted by Crippen LogP contribution is -2.36. The van der Waals surface area contributed by atoms with Crippen LogP contribution >= 0.6 is 12.4 Å². The third-order valence-corrected chi connectivity index (χ3v) is 5.01. The van der Waals surface area contributed by atoms with E-state index in [-0.39, 0.29) is 35.2 Å². The van der Waals surface area contributed by atoms with Crippen LogP contribution in [0, 0.1) is 6.92 Å². The second-order valence-corrected chi connectivity index (χ2v) is 6.66. The summed E-state index contributed by atoms with van der Waals surface area (Å²) in [5.74, 6) is -0.0360. The Morgan fingerprint density at radius 2 is 1.72 bits per heavy atom. The lowest BCUT2D eigenvalue weighted by atomic mass is 10.0. The maximum Gasteiger partial charge on any atom is 0.343 e. The number of hydrogen-bond donors (Lipinski definition) is 0. The van der Waals surface area contributed by atoms with Crippen LogP contribution in [0.2, 0.25) is 0 Å². The van der Waals surface area contributed by atoms with Crippen LogP contribution in [0.15, 0.2) is 57.7 Å². The first-order valence-corrected chi connectivity index (χ1v) is 9.54. The fraction of sp³-hybridized carbons (Fsp3) is 0.304. The van der Waals surface area contributed by atoms with Gasteiger partial charge in [-0.1, -0.05) is 50.2 Å². The van der Waals surface area contributed by atoms with Gasteiger partial charge in [0.15, 0.2) is 17.2 Å². The van der Waals surface area contributed by atoms with E-state index in [0.29, 0.717) is 16.7 Å². The number of fused-ring (bicyclic) bond motifs is 1. The van der Waals surface area contributed by atoms with Crippen molar-refractivity contribution in [1.29, 1.82) is 0 Å². The zero-order valence-corrected chi connectivity index (χ0v) is 17.9. The number of hydrogen-bond acceptors (Lipinski definition) is 5. The standard InChI is InChI=1S/C23H25NO4.ClH/c1-5-24(6-2)16(4)27-23(26)19-14-10-13-18-20(25)15(3)21(28-22(18)19)17-11-8-7-9-12-17;/h7-14,16H,5-6H2,1-4H3;1H. The smallest absolute Gasteiger partial charge is 0.343 e. The van der Waals surface area contributed by atoms with Gasteiger partial charge in [-0.05, 0) is 39.1 Å². The van der Waals surface area contributed by atoms with Gasteiger partial charge in [-0.2, -0.15) is 0 Å². The first-order chi connectivity index (χ1) is 13.5. The second-order valence-electron chi connectivity index (χ2n) is 6.66. The number of ether oxygens (including phenoxy) is 1. The van der Waals surface area contributed by atoms with Crippen molar-refractivity contribution in [3.8, 4) is 11.3 Å². The van der Waals surface area contributed by atoms with E-state index < -0.39 is 5.97 Å². The summed E-state index contributed by atoms with van der Waals surface area (Å²) in [4.78, 5) is 27.8. The normalized spacial score (nSPS) is 11.9. The van der Waals surface area contributed by atoms with Crippen molar-refractivity contribution in [2.45, 2.75) is 33.9 Å². The number of carbonyl (C=O) groups excluding carboxylic acids is 1. The van der Waals surface area contributed by atoms with Gasteiger partial charge < -0.3 is 9.15 Å². The van der Waals surface area contributed by atoms with Gasteiger partial charge in [-0.15, -0.1) is 12.4 Å². The maximum absolute atomic E-state index is 12.9. The van der Waals surface area contributed by atoms with Crippen molar-refractivity contribution in [2.75, 3.05) is 13.1 Å². The van der Waals surface area contributed by atoms with Crippen molar-refractivity contribution >= 4 is 29.3 Å². The number of carbonyl (C=O) groups is 1. The van der Waals surface area contributed by atoms with E-state index in [9.17, 15) is 9.59 Å². The van der Waals surface area contributed by atoms with E-state index >= 15 is 0 Å². The zero-order chi connectivity index (χ0) is 20.3. The molecule has 0 aliphatic rings. The summed E-state index contributed by atoms with van der Waals surface area (Å²) >= 11 is 0. The molecule has 154 valence electrons. The average Bonchev–Trinajstić information content (AvgIpc) is 2.71. The zero-order valence-electron chi connectivity index (χ0n) is 17.1. The summed E-state index contributed by atoms with van der Waals surface area (Å²) in [6.45, 7) is 9.14. The molecule has 0 N–H and O–H groups in total. The van der Waals surface area contributed by atoms with E-state index in [2.05, 4.69) is 0 Å². The lowest BCUT2D eigenvalue weighted by molar-refractivity contribution is -0.0196. The van der Waals surface area contributed by atoms with Gasteiger partial charge in [0.1, 0.15) is 11.3 Å². The molecule has 0 spiro atoms. The Morgan fingerprint density at radius 1 is 1.07 bits per heavy atom. The Labute approximate surface area is 176 Å². The van der Waals surface area contributed by atoms with Crippen LogP contribution < -0.4 is 5.43 Å². The van der Waals surface area contributed by atoms with Gasteiger partial charge in [0.25, 0.3) is 0 Å². The van der Waals surface area contributed by atoms with E-state index in [1.807, 2.05) is 56.0 Å². The predicted octanol–water partition coefficient (Wildman–Crippen LogP) is 5.03. The number of benzene rings is 2. The molecule has 1 unspecified atom stereocenters. The Morgan fingerprint density at radius 3 is 2.34 bits per heavy atom. The fourth-order valence-electron chi connectivity index (χ4n) is 3.37. The molecule has 1 heterocycles. The molecule has 0 saturated heterocycles. The molecule has 0 aliphatic heterocycles. The summed E-state index contributed by atoms with van der Waals surface area (Å²) in [5.41, 5.74) is 1.67. The molecule has 0 radical (unpaired) electrons. The van der Waals surface area contributed by atoms with E-state index in [4.69, 9.17) is 9.15 Å². The third kappa shape index (κ3) is 4.52. The van der Waals surface area contributed by atoms with Crippen molar-refractivity contribution in [2.24, 2.45) is 0 Å². The monoisotopic (exact) mass is 415 g/mol. The summed E-state index contributed by atoms with van der Waals surface area (Å²) in [6, 6.07) is 14.4. The van der Waals surface area contributed by atoms with Crippen LogP contribution in [0.5, 0.6) is 0 Å². The molecule has 3 aromatic rings. The fourth-order valence-corrected chi connectivity index (χ4v) is 3.37. The van der Waals surface area contributed by atoms with Crippen LogP contribution in [0.1, 0.15) is 36.7 Å². The second kappa shape index (κ2) is 9.72. The Balaban J connectivity index is 0.00000300. The van der Waals surface area contributed by atoms with E-state index in [1.54, 1.807) is 25.1 Å². The number of halogens is 1. The first kappa shape index (κ1) is 22.7. The van der Waals surface area contributed by atoms with Gasteiger partial charge in [-0.25, -0.2) is 4.79 Å². The highest BCUT2D eigenvalue weighted by Gasteiger charge is 2.22. The molecule has 1 atom stereocenters. The Bertz CT molecular complexity index is 1040. The van der Waals surface area contributed by atoms with Crippen LogP contribution in [-0.4, -0.2) is 30.2 Å². The lowest BCUT2D eigenvalue weighted by Gasteiger charge is -2.25. The molecule has 1 aromatic heterocycles. The SMILES string of the molecule is CCN(CC)C(C)OC(=O)c1cccc2c(=O)c(C)c(-c3ccccc3)oc12.Cl. The van der Waals surface area contributed by atoms with E-state index in [0.717, 1.165) is 18.7 Å². The first-order valence-electron chi connectivity index (χ1n) is 9.54. The Hall–Kier alpha value is -2.63. The third-order valence-electron chi connectivity index (χ3n) is 5.01.